The predicted molar refractivity (Wildman–Crippen MR) is 76.1 cm³/mol. The van der Waals surface area contributed by atoms with E-state index in [-0.39, 0.29) is 23.2 Å². The first-order valence-corrected chi connectivity index (χ1v) is 7.03. The lowest BCUT2D eigenvalue weighted by Crippen LogP contribution is -2.44. The van der Waals surface area contributed by atoms with Crippen LogP contribution in [0.1, 0.15) is 23.2 Å². The Kier molecular flexibility index (Phi) is 4.59. The monoisotopic (exact) mass is 343 g/mol. The topological polar surface area (TPSA) is 78.9 Å². The lowest BCUT2D eigenvalue weighted by molar-refractivity contribution is 0.0700. The van der Waals surface area contributed by atoms with E-state index in [2.05, 4.69) is 21.1 Å². The molecule has 1 aromatic rings. The molecule has 0 aliphatic carbocycles. The molecule has 0 spiro atoms. The molecule has 3 N–H and O–H groups in total. The van der Waals surface area contributed by atoms with Gasteiger partial charge in [-0.05, 0) is 31.0 Å². The highest BCUT2D eigenvalue weighted by Gasteiger charge is 2.27. The first-order valence-electron chi connectivity index (χ1n) is 6.24. The summed E-state index contributed by atoms with van der Waals surface area (Å²) in [6.07, 6.45) is 1.54. The van der Waals surface area contributed by atoms with E-state index in [1.165, 1.54) is 12.1 Å². The van der Waals surface area contributed by atoms with E-state index in [0.29, 0.717) is 17.6 Å². The Morgan fingerprint density at radius 1 is 1.50 bits per heavy atom. The minimum atomic E-state index is -0.465. The highest BCUT2D eigenvalue weighted by atomic mass is 79.9. The minimum absolute atomic E-state index is 0.128. The molecule has 1 heterocycles. The number of nitrogens with zero attached hydrogens (tertiary/aromatic N) is 2. The molecule has 0 saturated carbocycles. The van der Waals surface area contributed by atoms with Crippen LogP contribution in [0.5, 0.6) is 0 Å². The van der Waals surface area contributed by atoms with Crippen molar-refractivity contribution in [3.05, 3.63) is 34.1 Å². The number of carbonyl (C=O) groups is 1. The largest absolute Gasteiger partial charge is 0.409 e. The van der Waals surface area contributed by atoms with Crippen molar-refractivity contribution < 1.29 is 14.4 Å². The second-order valence-corrected chi connectivity index (χ2v) is 5.69. The van der Waals surface area contributed by atoms with Crippen molar-refractivity contribution in [2.75, 3.05) is 13.1 Å². The van der Waals surface area contributed by atoms with E-state index in [1.807, 2.05) is 0 Å². The van der Waals surface area contributed by atoms with Gasteiger partial charge in [-0.25, -0.2) is 4.39 Å². The number of hydrogen-bond donors (Lipinski definition) is 2. The van der Waals surface area contributed by atoms with Crippen molar-refractivity contribution in [1.29, 1.82) is 0 Å². The summed E-state index contributed by atoms with van der Waals surface area (Å²) in [5.41, 5.74) is 5.88. The number of halogens is 2. The third-order valence-electron chi connectivity index (χ3n) is 3.35. The van der Waals surface area contributed by atoms with Crippen LogP contribution in [0.4, 0.5) is 4.39 Å². The van der Waals surface area contributed by atoms with Gasteiger partial charge in [-0.1, -0.05) is 21.1 Å². The van der Waals surface area contributed by atoms with Crippen LogP contribution in [0.2, 0.25) is 0 Å². The molecule has 0 radical (unpaired) electrons. The normalized spacial score (nSPS) is 20.0. The number of nitrogens with two attached hydrogens (primary N) is 1. The summed E-state index contributed by atoms with van der Waals surface area (Å²) in [7, 11) is 0. The predicted octanol–water partition coefficient (Wildman–Crippen LogP) is 2.19. The minimum Gasteiger partial charge on any atom is -0.409 e. The Morgan fingerprint density at radius 2 is 2.25 bits per heavy atom. The van der Waals surface area contributed by atoms with Crippen LogP contribution in [-0.4, -0.2) is 34.9 Å². The summed E-state index contributed by atoms with van der Waals surface area (Å²) in [5, 5.41) is 11.7. The molecule has 1 atom stereocenters. The van der Waals surface area contributed by atoms with Crippen molar-refractivity contribution in [3.63, 3.8) is 0 Å². The van der Waals surface area contributed by atoms with Crippen LogP contribution in [0.3, 0.4) is 0 Å². The zero-order valence-electron chi connectivity index (χ0n) is 10.7. The number of benzene rings is 1. The first-order chi connectivity index (χ1) is 9.51. The lowest BCUT2D eigenvalue weighted by atomic mass is 9.96. The first kappa shape index (κ1) is 14.8. The Morgan fingerprint density at radius 3 is 2.90 bits per heavy atom. The SMILES string of the molecule is NC(=NO)C1CCCN(C(=O)c2cc(F)cc(Br)c2)C1. The molecule has 5 nitrogen and oxygen atoms in total. The van der Waals surface area contributed by atoms with Crippen molar-refractivity contribution in [2.24, 2.45) is 16.8 Å². The highest BCUT2D eigenvalue weighted by molar-refractivity contribution is 9.10. The van der Waals surface area contributed by atoms with Crippen molar-refractivity contribution in [3.8, 4) is 0 Å². The zero-order chi connectivity index (χ0) is 14.7. The average Bonchev–Trinajstić information content (AvgIpc) is 2.44. The third-order valence-corrected chi connectivity index (χ3v) is 3.81. The van der Waals surface area contributed by atoms with Crippen molar-refractivity contribution >= 4 is 27.7 Å². The maximum Gasteiger partial charge on any atom is 0.254 e. The van der Waals surface area contributed by atoms with Gasteiger partial charge >= 0.3 is 0 Å². The maximum atomic E-state index is 13.3. The zero-order valence-corrected chi connectivity index (χ0v) is 12.3. The molecule has 1 aliphatic rings. The van der Waals surface area contributed by atoms with Crippen LogP contribution in [0.15, 0.2) is 27.8 Å². The molecule has 108 valence electrons. The fourth-order valence-electron chi connectivity index (χ4n) is 2.34. The van der Waals surface area contributed by atoms with E-state index in [9.17, 15) is 9.18 Å². The van der Waals surface area contributed by atoms with Crippen molar-refractivity contribution in [1.82, 2.24) is 4.90 Å². The van der Waals surface area contributed by atoms with E-state index in [1.54, 1.807) is 11.0 Å². The van der Waals surface area contributed by atoms with Gasteiger partial charge in [-0.2, -0.15) is 0 Å². The molecular weight excluding hydrogens is 329 g/mol. The smallest absolute Gasteiger partial charge is 0.254 e. The van der Waals surface area contributed by atoms with Gasteiger partial charge in [-0.15, -0.1) is 0 Å². The Balaban J connectivity index is 2.16. The molecule has 0 aromatic heterocycles. The van der Waals surface area contributed by atoms with Crippen LogP contribution in [0, 0.1) is 11.7 Å². The Labute approximate surface area is 124 Å². The molecule has 20 heavy (non-hydrogen) atoms. The summed E-state index contributed by atoms with van der Waals surface area (Å²) in [6.45, 7) is 0.963. The fraction of sp³-hybridized carbons (Fsp3) is 0.385. The molecule has 7 heteroatoms. The summed E-state index contributed by atoms with van der Waals surface area (Å²) in [6, 6.07) is 4.09. The standard InChI is InChI=1S/C13H15BrFN3O2/c14-10-4-9(5-11(15)6-10)13(19)18-3-1-2-8(7-18)12(16)17-20/h4-6,8,20H,1-3,7H2,(H2,16,17). The van der Waals surface area contributed by atoms with Gasteiger partial charge in [0.05, 0.1) is 0 Å². The molecule has 0 bridgehead atoms. The lowest BCUT2D eigenvalue weighted by Gasteiger charge is -2.32. The summed E-state index contributed by atoms with van der Waals surface area (Å²) in [5.74, 6) is -0.744. The van der Waals surface area contributed by atoms with Gasteiger partial charge in [0, 0.05) is 29.0 Å². The highest BCUT2D eigenvalue weighted by Crippen LogP contribution is 2.21. The molecule has 1 amide bonds. The number of hydrogen-bond acceptors (Lipinski definition) is 3. The number of amidine groups is 1. The van der Waals surface area contributed by atoms with Gasteiger partial charge in [0.25, 0.3) is 5.91 Å². The quantitative estimate of drug-likeness (QED) is 0.374. The van der Waals surface area contributed by atoms with Gasteiger partial charge in [-0.3, -0.25) is 4.79 Å². The van der Waals surface area contributed by atoms with E-state index < -0.39 is 5.82 Å². The number of oxime groups is 1. The van der Waals surface area contributed by atoms with Crippen LogP contribution >= 0.6 is 15.9 Å². The van der Waals surface area contributed by atoms with E-state index in [0.717, 1.165) is 12.8 Å². The molecule has 1 saturated heterocycles. The summed E-state index contributed by atoms with van der Waals surface area (Å²) in [4.78, 5) is 14.0. The number of amides is 1. The van der Waals surface area contributed by atoms with Crippen LogP contribution < -0.4 is 5.73 Å². The number of piperidine rings is 1. The summed E-state index contributed by atoms with van der Waals surface area (Å²) >= 11 is 3.17. The summed E-state index contributed by atoms with van der Waals surface area (Å²) < 4.78 is 13.9. The van der Waals surface area contributed by atoms with Gasteiger partial charge in [0.2, 0.25) is 0 Å². The number of carbonyl (C=O) groups excluding carboxylic acids is 1. The second-order valence-electron chi connectivity index (χ2n) is 4.77. The third kappa shape index (κ3) is 3.27. The second kappa shape index (κ2) is 6.21. The number of rotatable bonds is 2. The van der Waals surface area contributed by atoms with E-state index >= 15 is 0 Å². The Hall–Kier alpha value is -1.63. The molecule has 1 fully saturated rings. The fourth-order valence-corrected chi connectivity index (χ4v) is 2.81. The van der Waals surface area contributed by atoms with Crippen LogP contribution in [0.25, 0.3) is 0 Å². The average molecular weight is 344 g/mol. The molecule has 1 aliphatic heterocycles. The van der Waals surface area contributed by atoms with Gasteiger partial charge < -0.3 is 15.8 Å². The van der Waals surface area contributed by atoms with Gasteiger partial charge in [0.1, 0.15) is 11.7 Å². The maximum absolute atomic E-state index is 13.3. The van der Waals surface area contributed by atoms with E-state index in [4.69, 9.17) is 10.9 Å². The molecule has 1 aromatic carbocycles. The van der Waals surface area contributed by atoms with Crippen molar-refractivity contribution in [2.45, 2.75) is 12.8 Å². The number of likely N-dealkylation sites (tertiary alicyclic amines) is 1. The Bertz CT molecular complexity index is 530. The van der Waals surface area contributed by atoms with Gasteiger partial charge in [0.15, 0.2) is 0 Å². The molecule has 2 rings (SSSR count). The molecular formula is C13H15BrFN3O2. The van der Waals surface area contributed by atoms with Crippen LogP contribution in [-0.2, 0) is 0 Å². The molecule has 1 unspecified atom stereocenters.